The summed E-state index contributed by atoms with van der Waals surface area (Å²) in [6.07, 6.45) is 8.92. The minimum atomic E-state index is -0.0459. The molecule has 7 heteroatoms. The summed E-state index contributed by atoms with van der Waals surface area (Å²) in [7, 11) is 0. The third-order valence-corrected chi connectivity index (χ3v) is 5.18. The van der Waals surface area contributed by atoms with Gasteiger partial charge in [-0.05, 0) is 55.9 Å². The van der Waals surface area contributed by atoms with Gasteiger partial charge < -0.3 is 5.32 Å². The Balaban J connectivity index is 1.32. The van der Waals surface area contributed by atoms with E-state index in [-0.39, 0.29) is 11.9 Å². The van der Waals surface area contributed by atoms with E-state index in [2.05, 4.69) is 25.6 Å². The van der Waals surface area contributed by atoms with E-state index < -0.39 is 0 Å². The van der Waals surface area contributed by atoms with Gasteiger partial charge in [-0.25, -0.2) is 9.67 Å². The Morgan fingerprint density at radius 1 is 1.26 bits per heavy atom. The molecule has 7 nitrogen and oxygen atoms in total. The van der Waals surface area contributed by atoms with Gasteiger partial charge in [0.25, 0.3) is 0 Å². The molecule has 3 aromatic rings. The normalized spacial score (nSPS) is 14.6. The number of hydrogen-bond donors (Lipinski definition) is 2. The van der Waals surface area contributed by atoms with Crippen molar-refractivity contribution in [3.05, 3.63) is 59.4 Å². The molecule has 27 heavy (non-hydrogen) atoms. The Labute approximate surface area is 158 Å². The lowest BCUT2D eigenvalue weighted by Gasteiger charge is -2.15. The van der Waals surface area contributed by atoms with Crippen LogP contribution in [0.1, 0.15) is 54.7 Å². The molecule has 0 aliphatic heterocycles. The minimum absolute atomic E-state index is 0.0459. The van der Waals surface area contributed by atoms with Gasteiger partial charge in [-0.1, -0.05) is 12.1 Å². The van der Waals surface area contributed by atoms with E-state index in [0.717, 1.165) is 29.8 Å². The van der Waals surface area contributed by atoms with Crippen molar-refractivity contribution in [1.29, 1.82) is 0 Å². The molecule has 4 rings (SSSR count). The fourth-order valence-electron chi connectivity index (χ4n) is 3.64. The number of amides is 1. The number of benzene rings is 1. The van der Waals surface area contributed by atoms with Crippen LogP contribution in [0.15, 0.2) is 36.9 Å². The molecule has 0 spiro atoms. The third kappa shape index (κ3) is 3.92. The molecule has 0 bridgehead atoms. The third-order valence-electron chi connectivity index (χ3n) is 5.18. The van der Waals surface area contributed by atoms with Crippen LogP contribution in [0.3, 0.4) is 0 Å². The molecule has 1 aliphatic carbocycles. The van der Waals surface area contributed by atoms with Gasteiger partial charge in [0.2, 0.25) is 5.91 Å². The zero-order valence-electron chi connectivity index (χ0n) is 15.5. The highest BCUT2D eigenvalue weighted by molar-refractivity contribution is 5.76. The first-order valence-corrected chi connectivity index (χ1v) is 9.50. The van der Waals surface area contributed by atoms with Crippen molar-refractivity contribution < 1.29 is 4.79 Å². The van der Waals surface area contributed by atoms with E-state index in [9.17, 15) is 4.79 Å². The smallest absolute Gasteiger partial charge is 0.220 e. The fraction of sp³-hybridized carbons (Fsp3) is 0.400. The van der Waals surface area contributed by atoms with E-state index in [1.807, 2.05) is 31.2 Å². The monoisotopic (exact) mass is 364 g/mol. The van der Waals surface area contributed by atoms with Gasteiger partial charge in [-0.15, -0.1) is 0 Å². The van der Waals surface area contributed by atoms with Gasteiger partial charge >= 0.3 is 0 Å². The summed E-state index contributed by atoms with van der Waals surface area (Å²) in [6.45, 7) is 2.00. The van der Waals surface area contributed by atoms with Crippen molar-refractivity contribution in [3.8, 4) is 5.69 Å². The van der Waals surface area contributed by atoms with E-state index in [1.54, 1.807) is 11.0 Å². The molecule has 0 saturated heterocycles. The van der Waals surface area contributed by atoms with Crippen LogP contribution >= 0.6 is 0 Å². The Hall–Kier alpha value is -2.96. The van der Waals surface area contributed by atoms with Crippen molar-refractivity contribution >= 4 is 5.91 Å². The van der Waals surface area contributed by atoms with E-state index >= 15 is 0 Å². The number of aromatic nitrogens is 5. The van der Waals surface area contributed by atoms with E-state index in [4.69, 9.17) is 0 Å². The first-order valence-electron chi connectivity index (χ1n) is 9.50. The Morgan fingerprint density at radius 3 is 2.85 bits per heavy atom. The highest BCUT2D eigenvalue weighted by Gasteiger charge is 2.18. The molecule has 1 atom stereocenters. The predicted molar refractivity (Wildman–Crippen MR) is 101 cm³/mol. The van der Waals surface area contributed by atoms with E-state index in [1.165, 1.54) is 30.4 Å². The lowest BCUT2D eigenvalue weighted by Crippen LogP contribution is -2.27. The van der Waals surface area contributed by atoms with Gasteiger partial charge in [0.15, 0.2) is 0 Å². The number of nitrogens with one attached hydrogen (secondary N) is 2. The number of carbonyl (C=O) groups is 1. The second-order valence-electron chi connectivity index (χ2n) is 7.06. The van der Waals surface area contributed by atoms with Crippen LogP contribution in [-0.2, 0) is 24.1 Å². The molecule has 2 N–H and O–H groups in total. The topological polar surface area (TPSA) is 88.5 Å². The highest BCUT2D eigenvalue weighted by atomic mass is 16.1. The fourth-order valence-corrected chi connectivity index (χ4v) is 3.64. The maximum absolute atomic E-state index is 12.4. The number of aryl methyl sites for hydroxylation is 2. The maximum atomic E-state index is 12.4. The first-order chi connectivity index (χ1) is 13.2. The van der Waals surface area contributed by atoms with Crippen molar-refractivity contribution in [1.82, 2.24) is 30.3 Å². The zero-order valence-corrected chi connectivity index (χ0v) is 15.5. The van der Waals surface area contributed by atoms with Crippen LogP contribution in [0.2, 0.25) is 0 Å². The molecule has 1 unspecified atom stereocenters. The zero-order chi connectivity index (χ0) is 18.6. The summed E-state index contributed by atoms with van der Waals surface area (Å²) in [5.74, 6) is 0.0513. The van der Waals surface area contributed by atoms with Gasteiger partial charge in [-0.2, -0.15) is 10.2 Å². The molecule has 0 saturated carbocycles. The summed E-state index contributed by atoms with van der Waals surface area (Å²) in [5, 5.41) is 14.8. The molecule has 0 radical (unpaired) electrons. The molecular weight excluding hydrogens is 340 g/mol. The van der Waals surface area contributed by atoms with Crippen LogP contribution < -0.4 is 5.32 Å². The van der Waals surface area contributed by atoms with Crippen molar-refractivity contribution in [3.63, 3.8) is 0 Å². The van der Waals surface area contributed by atoms with Gasteiger partial charge in [0.05, 0.1) is 17.4 Å². The molecule has 140 valence electrons. The molecule has 0 fully saturated rings. The molecule has 1 aliphatic rings. The molecular formula is C20H24N6O. The number of nitrogens with zero attached hydrogens (tertiary/aromatic N) is 4. The van der Waals surface area contributed by atoms with Gasteiger partial charge in [0.1, 0.15) is 12.7 Å². The van der Waals surface area contributed by atoms with Crippen LogP contribution in [-0.4, -0.2) is 30.9 Å². The van der Waals surface area contributed by atoms with Crippen LogP contribution in [0.25, 0.3) is 5.69 Å². The maximum Gasteiger partial charge on any atom is 0.220 e. The van der Waals surface area contributed by atoms with Crippen molar-refractivity contribution in [2.24, 2.45) is 0 Å². The molecule has 1 amide bonds. The summed E-state index contributed by atoms with van der Waals surface area (Å²) in [5.41, 5.74) is 5.66. The SMILES string of the molecule is CC(NC(=O)CCc1n[nH]c2c1CCCC2)c1ccc(-n2cncn2)cc1. The average Bonchev–Trinajstić information content (AvgIpc) is 3.37. The minimum Gasteiger partial charge on any atom is -0.350 e. The summed E-state index contributed by atoms with van der Waals surface area (Å²) in [6, 6.07) is 7.92. The quantitative estimate of drug-likeness (QED) is 0.704. The highest BCUT2D eigenvalue weighted by Crippen LogP contribution is 2.23. The molecule has 2 heterocycles. The second kappa shape index (κ2) is 7.73. The van der Waals surface area contributed by atoms with Crippen LogP contribution in [0, 0.1) is 0 Å². The van der Waals surface area contributed by atoms with Crippen LogP contribution in [0.4, 0.5) is 0 Å². The molecule has 2 aromatic heterocycles. The number of carbonyl (C=O) groups excluding carboxylic acids is 1. The standard InChI is InChI=1S/C20H24N6O/c1-14(15-6-8-16(9-7-15)26-13-21-12-22-26)23-20(27)11-10-19-17-4-2-3-5-18(17)24-25-19/h6-9,12-14H,2-5,10-11H2,1H3,(H,23,27)(H,24,25). The lowest BCUT2D eigenvalue weighted by atomic mass is 9.94. The van der Waals surface area contributed by atoms with Gasteiger partial charge in [-0.3, -0.25) is 9.89 Å². The summed E-state index contributed by atoms with van der Waals surface area (Å²) >= 11 is 0. The number of rotatable bonds is 6. The summed E-state index contributed by atoms with van der Waals surface area (Å²) < 4.78 is 1.71. The lowest BCUT2D eigenvalue weighted by molar-refractivity contribution is -0.121. The number of aromatic amines is 1. The summed E-state index contributed by atoms with van der Waals surface area (Å²) in [4.78, 5) is 16.3. The predicted octanol–water partition coefficient (Wildman–Crippen LogP) is 2.68. The van der Waals surface area contributed by atoms with Crippen LogP contribution in [0.5, 0.6) is 0 Å². The van der Waals surface area contributed by atoms with Crippen molar-refractivity contribution in [2.75, 3.05) is 0 Å². The first kappa shape index (κ1) is 17.5. The van der Waals surface area contributed by atoms with Gasteiger partial charge in [0, 0.05) is 18.5 Å². The Kier molecular flexibility index (Phi) is 5.00. The van der Waals surface area contributed by atoms with E-state index in [0.29, 0.717) is 12.8 Å². The molecule has 1 aromatic carbocycles. The number of hydrogen-bond acceptors (Lipinski definition) is 4. The Morgan fingerprint density at radius 2 is 2.07 bits per heavy atom. The number of fused-ring (bicyclic) bond motifs is 1. The largest absolute Gasteiger partial charge is 0.350 e. The van der Waals surface area contributed by atoms with Crippen molar-refractivity contribution in [2.45, 2.75) is 51.5 Å². The number of H-pyrrole nitrogens is 1. The second-order valence-corrected chi connectivity index (χ2v) is 7.06. The Bertz CT molecular complexity index is 897. The average molecular weight is 364 g/mol.